The molecular formula is C17H18ClNO4. The number of aromatic nitrogens is 1. The van der Waals surface area contributed by atoms with E-state index in [0.717, 1.165) is 5.39 Å². The van der Waals surface area contributed by atoms with Gasteiger partial charge in [-0.3, -0.25) is 0 Å². The minimum Gasteiger partial charge on any atom is -0.495 e. The minimum atomic E-state index is 0.324. The van der Waals surface area contributed by atoms with Crippen LogP contribution in [-0.2, 0) is 4.74 Å². The highest BCUT2D eigenvalue weighted by atomic mass is 35.5. The molecule has 6 heteroatoms. The number of halogens is 1. The van der Waals surface area contributed by atoms with Gasteiger partial charge in [-0.15, -0.1) is 0 Å². The van der Waals surface area contributed by atoms with Crippen molar-refractivity contribution >= 4 is 22.5 Å². The molecule has 1 heterocycles. The largest absolute Gasteiger partial charge is 0.495 e. The van der Waals surface area contributed by atoms with E-state index in [1.807, 2.05) is 13.0 Å². The molecule has 0 aliphatic rings. The van der Waals surface area contributed by atoms with E-state index in [9.17, 15) is 0 Å². The van der Waals surface area contributed by atoms with Crippen LogP contribution >= 0.6 is 11.6 Å². The van der Waals surface area contributed by atoms with E-state index in [1.165, 1.54) is 7.11 Å². The second-order valence-electron chi connectivity index (χ2n) is 4.45. The fourth-order valence-electron chi connectivity index (χ4n) is 2.13. The number of hydrogen-bond donors (Lipinski definition) is 0. The summed E-state index contributed by atoms with van der Waals surface area (Å²) in [5.74, 6) is 7.35. The molecule has 0 spiro atoms. The van der Waals surface area contributed by atoms with Gasteiger partial charge in [0.2, 0.25) is 5.88 Å². The Labute approximate surface area is 140 Å². The second kappa shape index (κ2) is 7.91. The third-order valence-electron chi connectivity index (χ3n) is 3.19. The molecule has 0 unspecified atom stereocenters. The van der Waals surface area contributed by atoms with Crippen molar-refractivity contribution in [1.82, 2.24) is 4.98 Å². The normalized spacial score (nSPS) is 10.1. The quantitative estimate of drug-likeness (QED) is 0.620. The molecule has 23 heavy (non-hydrogen) atoms. The first-order chi connectivity index (χ1) is 11.2. The minimum absolute atomic E-state index is 0.324. The molecule has 0 amide bonds. The Morgan fingerprint density at radius 1 is 1.13 bits per heavy atom. The van der Waals surface area contributed by atoms with Crippen molar-refractivity contribution in [1.29, 1.82) is 0 Å². The number of ether oxygens (including phenoxy) is 4. The summed E-state index contributed by atoms with van der Waals surface area (Å²) >= 11 is 6.34. The molecule has 0 saturated carbocycles. The van der Waals surface area contributed by atoms with Gasteiger partial charge in [-0.2, -0.15) is 0 Å². The number of benzene rings is 1. The number of nitrogens with zero attached hydrogens (tertiary/aromatic N) is 1. The van der Waals surface area contributed by atoms with Crippen LogP contribution in [0.25, 0.3) is 10.9 Å². The van der Waals surface area contributed by atoms with Crippen LogP contribution in [0.3, 0.4) is 0 Å². The Morgan fingerprint density at radius 3 is 2.52 bits per heavy atom. The lowest BCUT2D eigenvalue weighted by Crippen LogP contribution is -1.99. The molecule has 0 saturated heterocycles. The number of hydrogen-bond acceptors (Lipinski definition) is 5. The molecule has 122 valence electrons. The van der Waals surface area contributed by atoms with Crippen molar-refractivity contribution < 1.29 is 18.9 Å². The molecule has 2 aromatic rings. The van der Waals surface area contributed by atoms with Gasteiger partial charge in [0.15, 0.2) is 0 Å². The van der Waals surface area contributed by atoms with Crippen molar-refractivity contribution in [2.24, 2.45) is 0 Å². The van der Waals surface area contributed by atoms with Crippen LogP contribution in [-0.4, -0.2) is 39.5 Å². The summed E-state index contributed by atoms with van der Waals surface area (Å²) < 4.78 is 21.3. The number of methoxy groups -OCH3 is 3. The smallest absolute Gasteiger partial charge is 0.233 e. The monoisotopic (exact) mass is 335 g/mol. The second-order valence-corrected chi connectivity index (χ2v) is 4.82. The van der Waals surface area contributed by atoms with Crippen LogP contribution in [0, 0.1) is 11.8 Å². The Kier molecular flexibility index (Phi) is 5.91. The molecule has 5 nitrogen and oxygen atoms in total. The molecule has 1 aromatic heterocycles. The first-order valence-corrected chi connectivity index (χ1v) is 7.40. The molecule has 2 rings (SSSR count). The molecule has 0 radical (unpaired) electrons. The summed E-state index contributed by atoms with van der Waals surface area (Å²) in [5, 5.41) is 1.13. The Bertz CT molecular complexity index is 765. The van der Waals surface area contributed by atoms with E-state index in [0.29, 0.717) is 46.7 Å². The van der Waals surface area contributed by atoms with Crippen LogP contribution in [0.1, 0.15) is 12.5 Å². The van der Waals surface area contributed by atoms with Gasteiger partial charge in [0.05, 0.1) is 21.3 Å². The predicted octanol–water partition coefficient (Wildman–Crippen LogP) is 3.30. The van der Waals surface area contributed by atoms with Crippen molar-refractivity contribution in [3.8, 4) is 29.2 Å². The van der Waals surface area contributed by atoms with Gasteiger partial charge >= 0.3 is 0 Å². The van der Waals surface area contributed by atoms with Crippen LogP contribution in [0.15, 0.2) is 12.1 Å². The average molecular weight is 336 g/mol. The lowest BCUT2D eigenvalue weighted by molar-refractivity contribution is 0.182. The van der Waals surface area contributed by atoms with Crippen LogP contribution in [0.4, 0.5) is 0 Å². The van der Waals surface area contributed by atoms with Crippen LogP contribution in [0.5, 0.6) is 17.4 Å². The number of pyridine rings is 1. The van der Waals surface area contributed by atoms with Gasteiger partial charge in [-0.25, -0.2) is 4.98 Å². The fourth-order valence-corrected chi connectivity index (χ4v) is 2.42. The first kappa shape index (κ1) is 17.2. The Hall–Kier alpha value is -2.16. The first-order valence-electron chi connectivity index (χ1n) is 7.02. The van der Waals surface area contributed by atoms with Crippen molar-refractivity contribution in [2.75, 3.05) is 34.5 Å². The van der Waals surface area contributed by atoms with E-state index in [2.05, 4.69) is 16.8 Å². The van der Waals surface area contributed by atoms with E-state index in [4.69, 9.17) is 30.5 Å². The van der Waals surface area contributed by atoms with E-state index in [-0.39, 0.29) is 0 Å². The highest BCUT2D eigenvalue weighted by Crippen LogP contribution is 2.40. The summed E-state index contributed by atoms with van der Waals surface area (Å²) in [6.07, 6.45) is 0. The van der Waals surface area contributed by atoms with Gasteiger partial charge in [0, 0.05) is 12.0 Å². The van der Waals surface area contributed by atoms with E-state index >= 15 is 0 Å². The van der Waals surface area contributed by atoms with Crippen LogP contribution in [0.2, 0.25) is 5.02 Å². The van der Waals surface area contributed by atoms with Crippen molar-refractivity contribution in [3.05, 3.63) is 22.7 Å². The Balaban J connectivity index is 2.68. The molecular weight excluding hydrogens is 318 g/mol. The van der Waals surface area contributed by atoms with Gasteiger partial charge < -0.3 is 18.9 Å². The van der Waals surface area contributed by atoms with Gasteiger partial charge in [-0.1, -0.05) is 23.4 Å². The molecule has 1 aromatic carbocycles. The summed E-state index contributed by atoms with van der Waals surface area (Å²) in [7, 11) is 4.64. The standard InChI is InChI=1S/C17H18ClNO4/c1-5-23-10-6-7-12-16(21-3)11-8-9-13(20-2)14(18)15(11)19-17(12)22-4/h8-9H,5,10H2,1-4H3. The lowest BCUT2D eigenvalue weighted by atomic mass is 10.1. The molecule has 0 aliphatic heterocycles. The molecule has 0 fully saturated rings. The highest BCUT2D eigenvalue weighted by Gasteiger charge is 2.18. The van der Waals surface area contributed by atoms with Crippen LogP contribution < -0.4 is 14.2 Å². The summed E-state index contributed by atoms with van der Waals surface area (Å²) in [5.41, 5.74) is 1.10. The van der Waals surface area contributed by atoms with E-state index in [1.54, 1.807) is 20.3 Å². The zero-order valence-electron chi connectivity index (χ0n) is 13.5. The zero-order chi connectivity index (χ0) is 16.8. The van der Waals surface area contributed by atoms with Gasteiger partial charge in [-0.05, 0) is 19.1 Å². The van der Waals surface area contributed by atoms with Gasteiger partial charge in [0.25, 0.3) is 0 Å². The Morgan fingerprint density at radius 2 is 1.91 bits per heavy atom. The summed E-state index contributed by atoms with van der Waals surface area (Å²) in [6, 6.07) is 3.60. The topological polar surface area (TPSA) is 49.8 Å². The van der Waals surface area contributed by atoms with Crippen molar-refractivity contribution in [2.45, 2.75) is 6.92 Å². The highest BCUT2D eigenvalue weighted by molar-refractivity contribution is 6.36. The third kappa shape index (κ3) is 3.44. The molecule has 0 aliphatic carbocycles. The summed E-state index contributed by atoms with van der Waals surface area (Å²) in [6.45, 7) is 2.84. The molecule has 0 N–H and O–H groups in total. The zero-order valence-corrected chi connectivity index (χ0v) is 14.3. The lowest BCUT2D eigenvalue weighted by Gasteiger charge is -2.13. The van der Waals surface area contributed by atoms with E-state index < -0.39 is 0 Å². The summed E-state index contributed by atoms with van der Waals surface area (Å²) in [4.78, 5) is 4.45. The number of rotatable bonds is 5. The average Bonchev–Trinajstić information content (AvgIpc) is 2.58. The molecule has 0 bridgehead atoms. The molecule has 0 atom stereocenters. The van der Waals surface area contributed by atoms with Crippen molar-refractivity contribution in [3.63, 3.8) is 0 Å². The SMILES string of the molecule is CCOCC#Cc1c(OC)nc2c(Cl)c(OC)ccc2c1OC. The predicted molar refractivity (Wildman–Crippen MR) is 89.8 cm³/mol. The maximum absolute atomic E-state index is 6.34. The third-order valence-corrected chi connectivity index (χ3v) is 3.55. The number of fused-ring (bicyclic) bond motifs is 1. The fraction of sp³-hybridized carbons (Fsp3) is 0.353. The maximum Gasteiger partial charge on any atom is 0.233 e. The maximum atomic E-state index is 6.34. The van der Waals surface area contributed by atoms with Gasteiger partial charge in [0.1, 0.15) is 34.2 Å².